The highest BCUT2D eigenvalue weighted by Gasteiger charge is 2.23. The van der Waals surface area contributed by atoms with Crippen molar-refractivity contribution in [3.05, 3.63) is 29.6 Å². The molecule has 0 bridgehead atoms. The Morgan fingerprint density at radius 2 is 2.29 bits per heavy atom. The zero-order valence-corrected chi connectivity index (χ0v) is 12.2. The van der Waals surface area contributed by atoms with Gasteiger partial charge in [-0.1, -0.05) is 11.8 Å². The second-order valence-electron chi connectivity index (χ2n) is 4.72. The maximum absolute atomic E-state index is 13.8. The fourth-order valence-electron chi connectivity index (χ4n) is 2.07. The van der Waals surface area contributed by atoms with E-state index >= 15 is 0 Å². The molecule has 5 nitrogen and oxygen atoms in total. The van der Waals surface area contributed by atoms with Crippen molar-refractivity contribution in [2.75, 3.05) is 23.6 Å². The predicted molar refractivity (Wildman–Crippen MR) is 78.7 cm³/mol. The molecule has 114 valence electrons. The fourth-order valence-corrected chi connectivity index (χ4v) is 3.39. The molecule has 1 aromatic rings. The molecule has 1 aliphatic rings. The van der Waals surface area contributed by atoms with Crippen molar-refractivity contribution >= 4 is 15.7 Å². The summed E-state index contributed by atoms with van der Waals surface area (Å²) in [6.07, 6.45) is 1.30. The van der Waals surface area contributed by atoms with Crippen LogP contribution in [0.1, 0.15) is 18.4 Å². The van der Waals surface area contributed by atoms with E-state index in [9.17, 15) is 12.8 Å². The van der Waals surface area contributed by atoms with Crippen LogP contribution in [0.15, 0.2) is 18.2 Å². The van der Waals surface area contributed by atoms with E-state index in [1.54, 1.807) is 0 Å². The Balaban J connectivity index is 2.06. The molecule has 1 saturated heterocycles. The number of anilines is 1. The maximum Gasteiger partial charge on any atom is 0.235 e. The van der Waals surface area contributed by atoms with Crippen LogP contribution in [-0.2, 0) is 14.8 Å². The fraction of sp³-hybridized carbons (Fsp3) is 0.429. The predicted octanol–water partition coefficient (Wildman–Crippen LogP) is 1.06. The van der Waals surface area contributed by atoms with E-state index < -0.39 is 15.8 Å². The molecule has 3 N–H and O–H groups in total. The summed E-state index contributed by atoms with van der Waals surface area (Å²) in [5.41, 5.74) is 5.57. The molecule has 21 heavy (non-hydrogen) atoms. The summed E-state index contributed by atoms with van der Waals surface area (Å²) in [4.78, 5) is 0. The average Bonchev–Trinajstić information content (AvgIpc) is 2.89. The van der Waals surface area contributed by atoms with E-state index in [1.165, 1.54) is 12.1 Å². The highest BCUT2D eigenvalue weighted by molar-refractivity contribution is 7.92. The van der Waals surface area contributed by atoms with E-state index in [-0.39, 0.29) is 29.7 Å². The Kier molecular flexibility index (Phi) is 5.17. The monoisotopic (exact) mass is 312 g/mol. The number of nitrogens with one attached hydrogen (secondary N) is 1. The number of ether oxygens (including phenoxy) is 1. The Labute approximate surface area is 123 Å². The molecular weight excluding hydrogens is 295 g/mol. The Hall–Kier alpha value is -1.62. The highest BCUT2D eigenvalue weighted by atomic mass is 32.2. The van der Waals surface area contributed by atoms with Gasteiger partial charge in [0.2, 0.25) is 10.0 Å². The first-order valence-electron chi connectivity index (χ1n) is 6.61. The Bertz CT molecular complexity index is 659. The molecule has 7 heteroatoms. The molecule has 0 aromatic heterocycles. The number of halogens is 1. The first-order valence-corrected chi connectivity index (χ1v) is 8.26. The lowest BCUT2D eigenvalue weighted by Gasteiger charge is -2.12. The molecule has 0 amide bonds. The number of hydrogen-bond acceptors (Lipinski definition) is 4. The smallest absolute Gasteiger partial charge is 0.235 e. The first kappa shape index (κ1) is 15.8. The van der Waals surface area contributed by atoms with Gasteiger partial charge in [-0.15, -0.1) is 0 Å². The molecule has 0 spiro atoms. The van der Waals surface area contributed by atoms with Gasteiger partial charge in [0.1, 0.15) is 5.82 Å². The normalized spacial score (nSPS) is 18.1. The lowest BCUT2D eigenvalue weighted by molar-refractivity contribution is 0.127. The van der Waals surface area contributed by atoms with Crippen molar-refractivity contribution in [3.63, 3.8) is 0 Å². The van der Waals surface area contributed by atoms with Gasteiger partial charge in [-0.3, -0.25) is 4.72 Å². The second kappa shape index (κ2) is 6.89. The minimum atomic E-state index is -3.56. The van der Waals surface area contributed by atoms with Crippen molar-refractivity contribution < 1.29 is 17.5 Å². The van der Waals surface area contributed by atoms with E-state index in [4.69, 9.17) is 10.5 Å². The summed E-state index contributed by atoms with van der Waals surface area (Å²) in [5.74, 6) is 4.41. The van der Waals surface area contributed by atoms with Crippen LogP contribution in [0.25, 0.3) is 0 Å². The van der Waals surface area contributed by atoms with Gasteiger partial charge < -0.3 is 10.5 Å². The average molecular weight is 312 g/mol. The van der Waals surface area contributed by atoms with Crippen LogP contribution >= 0.6 is 0 Å². The molecule has 1 unspecified atom stereocenters. The molecule has 1 atom stereocenters. The molecule has 0 radical (unpaired) electrons. The Morgan fingerprint density at radius 1 is 1.48 bits per heavy atom. The minimum Gasteiger partial charge on any atom is -0.377 e. The van der Waals surface area contributed by atoms with E-state index in [0.717, 1.165) is 18.9 Å². The maximum atomic E-state index is 13.8. The van der Waals surface area contributed by atoms with Crippen LogP contribution in [0.4, 0.5) is 10.1 Å². The van der Waals surface area contributed by atoms with Crippen molar-refractivity contribution in [2.24, 2.45) is 5.73 Å². The van der Waals surface area contributed by atoms with Gasteiger partial charge in [-0.05, 0) is 31.0 Å². The summed E-state index contributed by atoms with van der Waals surface area (Å²) in [6.45, 7) is 0.721. The summed E-state index contributed by atoms with van der Waals surface area (Å²) >= 11 is 0. The zero-order valence-electron chi connectivity index (χ0n) is 11.4. The number of benzene rings is 1. The van der Waals surface area contributed by atoms with Crippen LogP contribution in [-0.4, -0.2) is 33.4 Å². The van der Waals surface area contributed by atoms with Crippen LogP contribution in [0, 0.1) is 17.7 Å². The van der Waals surface area contributed by atoms with Gasteiger partial charge in [0.25, 0.3) is 0 Å². The molecule has 1 aromatic carbocycles. The molecule has 1 fully saturated rings. The number of sulfonamides is 1. The second-order valence-corrected chi connectivity index (χ2v) is 6.49. The Morgan fingerprint density at radius 3 is 2.90 bits per heavy atom. The summed E-state index contributed by atoms with van der Waals surface area (Å²) in [7, 11) is -3.56. The molecular formula is C14H17FN2O3S. The van der Waals surface area contributed by atoms with Gasteiger partial charge >= 0.3 is 0 Å². The van der Waals surface area contributed by atoms with Crippen molar-refractivity contribution in [1.82, 2.24) is 0 Å². The van der Waals surface area contributed by atoms with Gasteiger partial charge in [-0.25, -0.2) is 12.8 Å². The van der Waals surface area contributed by atoms with Gasteiger partial charge in [0, 0.05) is 6.61 Å². The van der Waals surface area contributed by atoms with Crippen LogP contribution in [0.3, 0.4) is 0 Å². The van der Waals surface area contributed by atoms with Crippen LogP contribution in [0.5, 0.6) is 0 Å². The topological polar surface area (TPSA) is 81.4 Å². The van der Waals surface area contributed by atoms with E-state index in [0.29, 0.717) is 6.61 Å². The third kappa shape index (κ3) is 4.70. The molecule has 0 saturated carbocycles. The quantitative estimate of drug-likeness (QED) is 0.815. The summed E-state index contributed by atoms with van der Waals surface area (Å²) in [6, 6.07) is 3.99. The van der Waals surface area contributed by atoms with E-state index in [2.05, 4.69) is 16.6 Å². The van der Waals surface area contributed by atoms with E-state index in [1.807, 2.05) is 0 Å². The summed E-state index contributed by atoms with van der Waals surface area (Å²) < 4.78 is 45.3. The highest BCUT2D eigenvalue weighted by Crippen LogP contribution is 2.18. The lowest BCUT2D eigenvalue weighted by Crippen LogP contribution is -2.25. The third-order valence-corrected chi connectivity index (χ3v) is 4.35. The lowest BCUT2D eigenvalue weighted by atomic mass is 10.2. The van der Waals surface area contributed by atoms with Crippen LogP contribution < -0.4 is 10.5 Å². The van der Waals surface area contributed by atoms with Crippen LogP contribution in [0.2, 0.25) is 0 Å². The van der Waals surface area contributed by atoms with Crippen molar-refractivity contribution in [1.29, 1.82) is 0 Å². The number of hydrogen-bond donors (Lipinski definition) is 2. The molecule has 2 rings (SSSR count). The van der Waals surface area contributed by atoms with Crippen molar-refractivity contribution in [2.45, 2.75) is 18.9 Å². The van der Waals surface area contributed by atoms with Gasteiger partial charge in [-0.2, -0.15) is 0 Å². The summed E-state index contributed by atoms with van der Waals surface area (Å²) in [5, 5.41) is 0. The standard InChI is InChI=1S/C14H17FN2O3S/c15-14-9-12(6-5-11(14)3-1-7-16)17-21(18,19)10-13-4-2-8-20-13/h5-6,9,13,17H,2,4,7-8,10,16H2. The van der Waals surface area contributed by atoms with Gasteiger partial charge in [0.15, 0.2) is 0 Å². The third-order valence-electron chi connectivity index (χ3n) is 3.00. The zero-order chi connectivity index (χ0) is 15.3. The molecule has 1 aliphatic heterocycles. The largest absolute Gasteiger partial charge is 0.377 e. The minimum absolute atomic E-state index is 0.122. The molecule has 1 heterocycles. The number of nitrogens with two attached hydrogens (primary N) is 1. The van der Waals surface area contributed by atoms with Gasteiger partial charge in [0.05, 0.1) is 29.7 Å². The molecule has 0 aliphatic carbocycles. The number of rotatable bonds is 4. The first-order chi connectivity index (χ1) is 10.00. The van der Waals surface area contributed by atoms with Crippen molar-refractivity contribution in [3.8, 4) is 11.8 Å². The SMILES string of the molecule is NCC#Cc1ccc(NS(=O)(=O)CC2CCCO2)cc1F.